The maximum atomic E-state index is 12.2. The van der Waals surface area contributed by atoms with E-state index in [0.717, 1.165) is 12.0 Å². The van der Waals surface area contributed by atoms with Gasteiger partial charge in [0.2, 0.25) is 5.91 Å². The molecule has 1 aromatic heterocycles. The molecule has 0 fully saturated rings. The van der Waals surface area contributed by atoms with Crippen LogP contribution in [0, 0.1) is 17.2 Å². The van der Waals surface area contributed by atoms with Crippen LogP contribution in [0.1, 0.15) is 18.1 Å². The number of carbonyl (C=O) groups excluding carboxylic acids is 1. The van der Waals surface area contributed by atoms with Gasteiger partial charge in [-0.15, -0.1) is 0 Å². The van der Waals surface area contributed by atoms with Gasteiger partial charge in [0.05, 0.1) is 6.07 Å². The fourth-order valence-corrected chi connectivity index (χ4v) is 2.00. The van der Waals surface area contributed by atoms with Crippen molar-refractivity contribution in [2.24, 2.45) is 5.92 Å². The molecule has 0 aliphatic heterocycles. The number of aromatic nitrogens is 1. The molecule has 0 radical (unpaired) electrons. The molecule has 1 aromatic carbocycles. The highest BCUT2D eigenvalue weighted by Crippen LogP contribution is 2.13. The maximum Gasteiger partial charge on any atom is 0.242 e. The van der Waals surface area contributed by atoms with Crippen molar-refractivity contribution in [2.75, 3.05) is 5.32 Å². The molecule has 4 nitrogen and oxygen atoms in total. The monoisotopic (exact) mass is 279 g/mol. The normalized spacial score (nSPS) is 11.4. The summed E-state index contributed by atoms with van der Waals surface area (Å²) in [5.74, 6) is -0.989. The van der Waals surface area contributed by atoms with Gasteiger partial charge < -0.3 is 5.32 Å². The van der Waals surface area contributed by atoms with Crippen molar-refractivity contribution in [3.05, 3.63) is 59.9 Å². The highest BCUT2D eigenvalue weighted by molar-refractivity contribution is 5.94. The van der Waals surface area contributed by atoms with E-state index in [1.807, 2.05) is 36.4 Å². The van der Waals surface area contributed by atoms with E-state index in [0.29, 0.717) is 12.1 Å². The van der Waals surface area contributed by atoms with Crippen LogP contribution in [0.3, 0.4) is 0 Å². The summed E-state index contributed by atoms with van der Waals surface area (Å²) in [6, 6.07) is 13.3. The smallest absolute Gasteiger partial charge is 0.242 e. The van der Waals surface area contributed by atoms with Crippen molar-refractivity contribution in [1.29, 1.82) is 5.26 Å². The Labute approximate surface area is 124 Å². The van der Waals surface area contributed by atoms with E-state index >= 15 is 0 Å². The molecule has 0 saturated heterocycles. The van der Waals surface area contributed by atoms with E-state index < -0.39 is 5.92 Å². The van der Waals surface area contributed by atoms with Gasteiger partial charge in [0.15, 0.2) is 0 Å². The van der Waals surface area contributed by atoms with Crippen molar-refractivity contribution in [2.45, 2.75) is 19.8 Å². The van der Waals surface area contributed by atoms with Crippen LogP contribution in [0.5, 0.6) is 0 Å². The predicted molar refractivity (Wildman–Crippen MR) is 81.5 cm³/mol. The fraction of sp³-hybridized carbons (Fsp3) is 0.235. The number of hydrogen-bond donors (Lipinski definition) is 1. The average Bonchev–Trinajstić information content (AvgIpc) is 2.54. The number of nitriles is 1. The van der Waals surface area contributed by atoms with Crippen molar-refractivity contribution in [1.82, 2.24) is 4.98 Å². The highest BCUT2D eigenvalue weighted by Gasteiger charge is 2.18. The number of rotatable bonds is 5. The number of nitrogens with one attached hydrogen (secondary N) is 1. The van der Waals surface area contributed by atoms with E-state index in [1.165, 1.54) is 5.56 Å². The standard InChI is InChI=1S/C17H17N3O/c1-2-13-3-5-16(6-4-13)20-17(21)15(12-18)11-14-7-9-19-10-8-14/h3-10,15H,2,11H2,1H3,(H,20,21)/t15-/m1/s1. The van der Waals surface area contributed by atoms with Crippen molar-refractivity contribution >= 4 is 11.6 Å². The van der Waals surface area contributed by atoms with Gasteiger partial charge in [0.25, 0.3) is 0 Å². The molecule has 0 unspecified atom stereocenters. The number of carbonyl (C=O) groups is 1. The molecule has 1 atom stereocenters. The Morgan fingerprint density at radius 1 is 1.19 bits per heavy atom. The van der Waals surface area contributed by atoms with Gasteiger partial charge >= 0.3 is 0 Å². The number of benzene rings is 1. The molecule has 0 aliphatic carbocycles. The van der Waals surface area contributed by atoms with Crippen LogP contribution in [-0.4, -0.2) is 10.9 Å². The zero-order valence-electron chi connectivity index (χ0n) is 11.9. The third-order valence-electron chi connectivity index (χ3n) is 3.29. The van der Waals surface area contributed by atoms with E-state index in [2.05, 4.69) is 23.3 Å². The van der Waals surface area contributed by atoms with Crippen molar-refractivity contribution in [3.63, 3.8) is 0 Å². The maximum absolute atomic E-state index is 12.2. The summed E-state index contributed by atoms with van der Waals surface area (Å²) >= 11 is 0. The molecule has 0 saturated carbocycles. The van der Waals surface area contributed by atoms with Crippen LogP contribution in [0.25, 0.3) is 0 Å². The summed E-state index contributed by atoms with van der Waals surface area (Å²) in [5.41, 5.74) is 2.85. The van der Waals surface area contributed by atoms with Crippen LogP contribution in [0.4, 0.5) is 5.69 Å². The Kier molecular flexibility index (Phi) is 5.05. The molecule has 21 heavy (non-hydrogen) atoms. The zero-order valence-corrected chi connectivity index (χ0v) is 11.9. The first-order valence-electron chi connectivity index (χ1n) is 6.91. The first kappa shape index (κ1) is 14.7. The van der Waals surface area contributed by atoms with Gasteiger partial charge in [-0.05, 0) is 48.2 Å². The molecule has 2 aromatic rings. The second-order valence-electron chi connectivity index (χ2n) is 4.78. The van der Waals surface area contributed by atoms with Gasteiger partial charge in [-0.3, -0.25) is 9.78 Å². The molecule has 4 heteroatoms. The van der Waals surface area contributed by atoms with E-state index in [1.54, 1.807) is 12.4 Å². The first-order valence-corrected chi connectivity index (χ1v) is 6.91. The highest BCUT2D eigenvalue weighted by atomic mass is 16.1. The lowest BCUT2D eigenvalue weighted by Crippen LogP contribution is -2.23. The number of aryl methyl sites for hydroxylation is 1. The third-order valence-corrected chi connectivity index (χ3v) is 3.29. The van der Waals surface area contributed by atoms with Gasteiger partial charge in [-0.2, -0.15) is 5.26 Å². The van der Waals surface area contributed by atoms with Gasteiger partial charge in [0.1, 0.15) is 5.92 Å². The topological polar surface area (TPSA) is 65.8 Å². The Bertz CT molecular complexity index is 629. The quantitative estimate of drug-likeness (QED) is 0.915. The SMILES string of the molecule is CCc1ccc(NC(=O)[C@@H](C#N)Cc2ccncc2)cc1. The fourth-order valence-electron chi connectivity index (χ4n) is 2.00. The second-order valence-corrected chi connectivity index (χ2v) is 4.78. The number of pyridine rings is 1. The third kappa shape index (κ3) is 4.15. The number of nitrogens with zero attached hydrogens (tertiary/aromatic N) is 2. The molecular formula is C17H17N3O. The van der Waals surface area contributed by atoms with Gasteiger partial charge in [0, 0.05) is 18.1 Å². The zero-order chi connectivity index (χ0) is 15.1. The second kappa shape index (κ2) is 7.20. The Morgan fingerprint density at radius 3 is 2.43 bits per heavy atom. The van der Waals surface area contributed by atoms with Crippen LogP contribution < -0.4 is 5.32 Å². The van der Waals surface area contributed by atoms with Crippen LogP contribution in [-0.2, 0) is 17.6 Å². The lowest BCUT2D eigenvalue weighted by atomic mass is 10.0. The Morgan fingerprint density at radius 2 is 1.86 bits per heavy atom. The summed E-state index contributed by atoms with van der Waals surface area (Å²) in [7, 11) is 0. The van der Waals surface area contributed by atoms with Gasteiger partial charge in [-0.1, -0.05) is 19.1 Å². The molecular weight excluding hydrogens is 262 g/mol. The summed E-state index contributed by atoms with van der Waals surface area (Å²) in [6.45, 7) is 2.08. The number of amides is 1. The molecule has 2 rings (SSSR count). The minimum Gasteiger partial charge on any atom is -0.325 e. The molecule has 0 aliphatic rings. The summed E-state index contributed by atoms with van der Waals surface area (Å²) in [5, 5.41) is 12.0. The minimum atomic E-state index is -0.710. The van der Waals surface area contributed by atoms with Gasteiger partial charge in [-0.25, -0.2) is 0 Å². The summed E-state index contributed by atoms with van der Waals surface area (Å²) in [4.78, 5) is 16.1. The molecule has 0 spiro atoms. The summed E-state index contributed by atoms with van der Waals surface area (Å²) in [6.07, 6.45) is 4.66. The summed E-state index contributed by atoms with van der Waals surface area (Å²) < 4.78 is 0. The largest absolute Gasteiger partial charge is 0.325 e. The van der Waals surface area contributed by atoms with Crippen molar-refractivity contribution in [3.8, 4) is 6.07 Å². The van der Waals surface area contributed by atoms with E-state index in [9.17, 15) is 10.1 Å². The predicted octanol–water partition coefficient (Wildman–Crippen LogP) is 2.96. The number of anilines is 1. The van der Waals surface area contributed by atoms with Crippen LogP contribution in [0.15, 0.2) is 48.8 Å². The van der Waals surface area contributed by atoms with Crippen LogP contribution in [0.2, 0.25) is 0 Å². The minimum absolute atomic E-state index is 0.279. The first-order chi connectivity index (χ1) is 10.2. The Balaban J connectivity index is 2.01. The van der Waals surface area contributed by atoms with E-state index in [4.69, 9.17) is 0 Å². The Hall–Kier alpha value is -2.67. The number of hydrogen-bond acceptors (Lipinski definition) is 3. The lowest BCUT2D eigenvalue weighted by molar-refractivity contribution is -0.118. The molecule has 0 bridgehead atoms. The van der Waals surface area contributed by atoms with Crippen LogP contribution >= 0.6 is 0 Å². The lowest BCUT2D eigenvalue weighted by Gasteiger charge is -2.10. The molecule has 106 valence electrons. The average molecular weight is 279 g/mol. The molecule has 1 amide bonds. The van der Waals surface area contributed by atoms with Crippen molar-refractivity contribution < 1.29 is 4.79 Å². The van der Waals surface area contributed by atoms with E-state index in [-0.39, 0.29) is 5.91 Å². The molecule has 1 N–H and O–H groups in total. The molecule has 1 heterocycles.